The number of hydrogen-bond donors (Lipinski definition) is 2. The molecule has 0 aromatic heterocycles. The second-order valence-electron chi connectivity index (χ2n) is 2.09. The highest BCUT2D eigenvalue weighted by molar-refractivity contribution is 6.38. The highest BCUT2D eigenvalue weighted by Gasteiger charge is 2.17. The number of nitrogens with zero attached hydrogens (tertiary/aromatic N) is 2. The van der Waals surface area contributed by atoms with E-state index >= 15 is 0 Å². The Labute approximate surface area is 74.6 Å². The molecule has 62 valence electrons. The second-order valence-corrected chi connectivity index (χ2v) is 2.94. The van der Waals surface area contributed by atoms with E-state index in [-0.39, 0.29) is 0 Å². The first-order valence-corrected chi connectivity index (χ1v) is 3.75. The van der Waals surface area contributed by atoms with Gasteiger partial charge in [-0.1, -0.05) is 23.2 Å². The number of allylic oxidation sites excluding steroid dienone is 1. The van der Waals surface area contributed by atoms with E-state index in [0.29, 0.717) is 10.7 Å². The van der Waals surface area contributed by atoms with Crippen molar-refractivity contribution in [3.05, 3.63) is 10.7 Å². The highest BCUT2D eigenvalue weighted by atomic mass is 35.5. The Morgan fingerprint density at radius 3 is 2.91 bits per heavy atom. The van der Waals surface area contributed by atoms with Crippen LogP contribution in [-0.2, 0) is 0 Å². The lowest BCUT2D eigenvalue weighted by atomic mass is 10.4. The van der Waals surface area contributed by atoms with E-state index in [1.165, 1.54) is 11.2 Å². The largest absolute Gasteiger partial charge is 0.311 e. The van der Waals surface area contributed by atoms with Crippen LogP contribution in [-0.4, -0.2) is 23.8 Å². The molecular formula is C5H8Cl2N4. The van der Waals surface area contributed by atoms with Gasteiger partial charge in [0.15, 0.2) is 5.50 Å². The smallest absolute Gasteiger partial charge is 0.155 e. The molecule has 0 aliphatic carbocycles. The molecule has 0 aromatic rings. The number of rotatable bonds is 1. The number of hydrazone groups is 1. The van der Waals surface area contributed by atoms with Crippen molar-refractivity contribution in [3.8, 4) is 0 Å². The maximum atomic E-state index is 5.80. The quantitative estimate of drug-likeness (QED) is 0.275. The molecule has 0 aromatic carbocycles. The van der Waals surface area contributed by atoms with Crippen LogP contribution in [0.2, 0.25) is 0 Å². The van der Waals surface area contributed by atoms with Crippen LogP contribution in [0.25, 0.3) is 0 Å². The van der Waals surface area contributed by atoms with Crippen LogP contribution >= 0.6 is 23.2 Å². The van der Waals surface area contributed by atoms with Gasteiger partial charge in [0.25, 0.3) is 0 Å². The van der Waals surface area contributed by atoms with E-state index in [1.54, 1.807) is 7.05 Å². The predicted molar refractivity (Wildman–Crippen MR) is 46.1 cm³/mol. The van der Waals surface area contributed by atoms with Crippen molar-refractivity contribution in [1.29, 1.82) is 0 Å². The first kappa shape index (κ1) is 8.64. The molecule has 1 unspecified atom stereocenters. The third-order valence-electron chi connectivity index (χ3n) is 1.22. The minimum absolute atomic E-state index is 0.451. The van der Waals surface area contributed by atoms with Crippen molar-refractivity contribution < 1.29 is 0 Å². The van der Waals surface area contributed by atoms with Gasteiger partial charge in [0.1, 0.15) is 0 Å². The summed E-state index contributed by atoms with van der Waals surface area (Å²) in [7, 11) is 1.67. The third kappa shape index (κ3) is 1.77. The molecule has 0 spiro atoms. The molecule has 11 heavy (non-hydrogen) atoms. The molecule has 1 aliphatic rings. The number of alkyl halides is 1. The van der Waals surface area contributed by atoms with Crippen LogP contribution in [0.5, 0.6) is 0 Å². The van der Waals surface area contributed by atoms with Gasteiger partial charge in [-0.05, 0) is 0 Å². The third-order valence-corrected chi connectivity index (χ3v) is 2.06. The lowest BCUT2D eigenvalue weighted by Crippen LogP contribution is -2.33. The molecule has 1 aliphatic heterocycles. The molecule has 1 rings (SSSR count). The Morgan fingerprint density at radius 2 is 2.45 bits per heavy atom. The van der Waals surface area contributed by atoms with Crippen LogP contribution < -0.4 is 11.3 Å². The lowest BCUT2D eigenvalue weighted by Gasteiger charge is -2.20. The normalized spacial score (nSPS) is 23.5. The molecule has 0 radical (unpaired) electrons. The molecule has 4 nitrogen and oxygen atoms in total. The van der Waals surface area contributed by atoms with Gasteiger partial charge in [-0.3, -0.25) is 5.43 Å². The predicted octanol–water partition coefficient (Wildman–Crippen LogP) is 0.396. The summed E-state index contributed by atoms with van der Waals surface area (Å²) in [5.41, 5.74) is 2.71. The van der Waals surface area contributed by atoms with E-state index in [1.807, 2.05) is 0 Å². The van der Waals surface area contributed by atoms with Gasteiger partial charge < -0.3 is 5.01 Å². The molecular weight excluding hydrogens is 187 g/mol. The standard InChI is InChI=1S/C5H8Cl2N4/c1-11(8)3-2-9-10-5(7)4(3)6/h2,5,10H,8H2,1H3. The van der Waals surface area contributed by atoms with Gasteiger partial charge in [0.05, 0.1) is 16.9 Å². The number of hydrogen-bond acceptors (Lipinski definition) is 4. The Bertz CT molecular complexity index is 211. The van der Waals surface area contributed by atoms with Crippen molar-refractivity contribution >= 4 is 29.4 Å². The first-order chi connectivity index (χ1) is 5.13. The van der Waals surface area contributed by atoms with Gasteiger partial charge in [-0.25, -0.2) is 5.84 Å². The minimum atomic E-state index is -0.484. The molecule has 0 saturated carbocycles. The maximum absolute atomic E-state index is 5.80. The average Bonchev–Trinajstić information content (AvgIpc) is 1.94. The second kappa shape index (κ2) is 3.30. The van der Waals surface area contributed by atoms with Gasteiger partial charge in [0.2, 0.25) is 0 Å². The molecule has 3 N–H and O–H groups in total. The molecule has 0 amide bonds. The minimum Gasteiger partial charge on any atom is -0.311 e. The van der Waals surface area contributed by atoms with Gasteiger partial charge in [-0.2, -0.15) is 5.10 Å². The SMILES string of the molecule is CN(N)C1=C(Cl)C(Cl)NN=C1. The van der Waals surface area contributed by atoms with Crippen molar-refractivity contribution in [3.63, 3.8) is 0 Å². The molecule has 1 atom stereocenters. The summed E-state index contributed by atoms with van der Waals surface area (Å²) in [6.07, 6.45) is 1.52. The Hall–Kier alpha value is -0.450. The molecule has 0 bridgehead atoms. The van der Waals surface area contributed by atoms with E-state index < -0.39 is 5.50 Å². The summed E-state index contributed by atoms with van der Waals surface area (Å²) in [6.45, 7) is 0. The summed E-state index contributed by atoms with van der Waals surface area (Å²) < 4.78 is 0. The van der Waals surface area contributed by atoms with Crippen LogP contribution in [0.15, 0.2) is 15.8 Å². The first-order valence-electron chi connectivity index (χ1n) is 2.93. The van der Waals surface area contributed by atoms with E-state index in [0.717, 1.165) is 0 Å². The van der Waals surface area contributed by atoms with Crippen LogP contribution in [0.4, 0.5) is 0 Å². The van der Waals surface area contributed by atoms with Crippen LogP contribution in [0.3, 0.4) is 0 Å². The molecule has 0 fully saturated rings. The number of nitrogens with two attached hydrogens (primary N) is 1. The zero-order valence-electron chi connectivity index (χ0n) is 5.88. The van der Waals surface area contributed by atoms with Gasteiger partial charge in [-0.15, -0.1) is 0 Å². The fraction of sp³-hybridized carbons (Fsp3) is 0.400. The maximum Gasteiger partial charge on any atom is 0.155 e. The fourth-order valence-electron chi connectivity index (χ4n) is 0.672. The summed E-state index contributed by atoms with van der Waals surface area (Å²) in [4.78, 5) is 0. The molecule has 6 heteroatoms. The van der Waals surface area contributed by atoms with E-state index in [2.05, 4.69) is 10.5 Å². The number of halogens is 2. The summed E-state index contributed by atoms with van der Waals surface area (Å²) in [5.74, 6) is 5.43. The van der Waals surface area contributed by atoms with Crippen molar-refractivity contribution in [2.24, 2.45) is 10.9 Å². The van der Waals surface area contributed by atoms with Crippen molar-refractivity contribution in [2.45, 2.75) is 5.50 Å². The van der Waals surface area contributed by atoms with Gasteiger partial charge >= 0.3 is 0 Å². The van der Waals surface area contributed by atoms with Gasteiger partial charge in [0, 0.05) is 7.05 Å². The summed E-state index contributed by atoms with van der Waals surface area (Å²) >= 11 is 11.5. The van der Waals surface area contributed by atoms with E-state index in [4.69, 9.17) is 29.0 Å². The summed E-state index contributed by atoms with van der Waals surface area (Å²) in [6, 6.07) is 0. The lowest BCUT2D eigenvalue weighted by molar-refractivity contribution is 0.456. The zero-order chi connectivity index (χ0) is 8.43. The monoisotopic (exact) mass is 194 g/mol. The van der Waals surface area contributed by atoms with Crippen molar-refractivity contribution in [1.82, 2.24) is 10.4 Å². The highest BCUT2D eigenvalue weighted by Crippen LogP contribution is 2.19. The number of hydrazine groups is 1. The van der Waals surface area contributed by atoms with E-state index in [9.17, 15) is 0 Å². The zero-order valence-corrected chi connectivity index (χ0v) is 7.39. The number of nitrogens with one attached hydrogen (secondary N) is 1. The molecule has 0 saturated heterocycles. The fourth-order valence-corrected chi connectivity index (χ4v) is 1.07. The molecule has 1 heterocycles. The topological polar surface area (TPSA) is 53.6 Å². The Kier molecular flexibility index (Phi) is 2.59. The summed E-state index contributed by atoms with van der Waals surface area (Å²) in [5, 5.41) is 5.55. The van der Waals surface area contributed by atoms with Crippen LogP contribution in [0, 0.1) is 0 Å². The Balaban J connectivity index is 2.89. The van der Waals surface area contributed by atoms with Crippen molar-refractivity contribution in [2.75, 3.05) is 7.05 Å². The average molecular weight is 195 g/mol. The van der Waals surface area contributed by atoms with Crippen LogP contribution in [0.1, 0.15) is 0 Å². The Morgan fingerprint density at radius 1 is 1.82 bits per heavy atom.